The molecule has 0 radical (unpaired) electrons. The van der Waals surface area contributed by atoms with Crippen molar-refractivity contribution in [3.8, 4) is 5.75 Å². The maximum absolute atomic E-state index is 14.1. The van der Waals surface area contributed by atoms with Gasteiger partial charge in [0, 0.05) is 24.6 Å². The van der Waals surface area contributed by atoms with Crippen molar-refractivity contribution < 1.29 is 22.7 Å². The number of rotatable bonds is 11. The summed E-state index contributed by atoms with van der Waals surface area (Å²) in [5.74, 6) is 0.0495. The summed E-state index contributed by atoms with van der Waals surface area (Å²) in [5, 5.41) is 11.4. The van der Waals surface area contributed by atoms with E-state index < -0.39 is 15.9 Å². The molecule has 1 aromatic heterocycles. The first kappa shape index (κ1) is 37.3. The van der Waals surface area contributed by atoms with Crippen molar-refractivity contribution in [3.63, 3.8) is 0 Å². The Bertz CT molecular complexity index is 1520. The smallest absolute Gasteiger partial charge is 0.270 e. The maximum atomic E-state index is 14.1. The van der Waals surface area contributed by atoms with Crippen molar-refractivity contribution in [3.05, 3.63) is 89.4 Å². The molecule has 0 atom stereocenters. The van der Waals surface area contributed by atoms with Crippen molar-refractivity contribution in [1.82, 2.24) is 9.80 Å². The second kappa shape index (κ2) is 17.7. The standard InChI is InChI=1S/C34H42N4O5S.2ClH/c1-43-31-13-15-32(16-14-31)44(41,42)38(33-9-4-3-8-29(33)12-11-28-17-26-37(40)27-18-28)34(39)10-7-21-35-24-19-30(20-25-35)36-22-5-2-6-23-36;;/h3-4,8-9,11-18,26-27,30H,2,5-7,10,19-25H2,1H3;2*1H/b12-11+;;. The molecule has 12 heteroatoms. The minimum Gasteiger partial charge on any atom is -0.619 e. The molecule has 2 aliphatic heterocycles. The molecule has 5 rings (SSSR count). The highest BCUT2D eigenvalue weighted by molar-refractivity contribution is 7.93. The topological polar surface area (TPSA) is 97.1 Å². The van der Waals surface area contributed by atoms with Crippen molar-refractivity contribution in [2.45, 2.75) is 55.9 Å². The van der Waals surface area contributed by atoms with Crippen LogP contribution in [-0.4, -0.2) is 70.0 Å². The van der Waals surface area contributed by atoms with Crippen LogP contribution in [0.15, 0.2) is 78.0 Å². The van der Waals surface area contributed by atoms with Crippen molar-refractivity contribution in [1.29, 1.82) is 0 Å². The third-order valence-electron chi connectivity index (χ3n) is 8.59. The number of nitrogens with zero attached hydrogens (tertiary/aromatic N) is 4. The van der Waals surface area contributed by atoms with E-state index in [9.17, 15) is 18.4 Å². The van der Waals surface area contributed by atoms with E-state index in [1.54, 1.807) is 60.7 Å². The largest absolute Gasteiger partial charge is 0.619 e. The second-order valence-electron chi connectivity index (χ2n) is 11.5. The van der Waals surface area contributed by atoms with Gasteiger partial charge in [0.15, 0.2) is 12.4 Å². The second-order valence-corrected chi connectivity index (χ2v) is 13.3. The molecule has 9 nitrogen and oxygen atoms in total. The van der Waals surface area contributed by atoms with Crippen molar-refractivity contribution >= 4 is 58.6 Å². The number of aromatic nitrogens is 1. The highest BCUT2D eigenvalue weighted by Crippen LogP contribution is 2.31. The van der Waals surface area contributed by atoms with Gasteiger partial charge in [0.05, 0.1) is 17.7 Å². The fraction of sp³-hybridized carbons (Fsp3) is 0.412. The zero-order valence-corrected chi connectivity index (χ0v) is 28.6. The number of pyridine rings is 1. The van der Waals surface area contributed by atoms with Gasteiger partial charge in [-0.05, 0) is 106 Å². The molecule has 2 fully saturated rings. The summed E-state index contributed by atoms with van der Waals surface area (Å²) in [6.07, 6.45) is 13.2. The van der Waals surface area contributed by atoms with E-state index in [4.69, 9.17) is 4.74 Å². The van der Waals surface area contributed by atoms with Gasteiger partial charge in [0.2, 0.25) is 5.91 Å². The van der Waals surface area contributed by atoms with Crippen LogP contribution in [0.4, 0.5) is 5.69 Å². The zero-order chi connectivity index (χ0) is 30.9. The lowest BCUT2D eigenvalue weighted by molar-refractivity contribution is -0.605. The lowest BCUT2D eigenvalue weighted by Crippen LogP contribution is -2.47. The number of carbonyl (C=O) groups excluding carboxylic acids is 1. The first-order valence-corrected chi connectivity index (χ1v) is 16.9. The minimum atomic E-state index is -4.23. The Morgan fingerprint density at radius 3 is 2.24 bits per heavy atom. The van der Waals surface area contributed by atoms with Gasteiger partial charge in [0.1, 0.15) is 5.75 Å². The van der Waals surface area contributed by atoms with Crippen LogP contribution >= 0.6 is 24.8 Å². The summed E-state index contributed by atoms with van der Waals surface area (Å²) in [6, 6.07) is 17.0. The van der Waals surface area contributed by atoms with Crippen molar-refractivity contribution in [2.24, 2.45) is 0 Å². The average Bonchev–Trinajstić information content (AvgIpc) is 3.06. The average molecular weight is 692 g/mol. The van der Waals surface area contributed by atoms with Gasteiger partial charge in [0.25, 0.3) is 10.0 Å². The molecule has 2 aromatic carbocycles. The van der Waals surface area contributed by atoms with Gasteiger partial charge < -0.3 is 19.7 Å². The van der Waals surface area contributed by atoms with Crippen LogP contribution in [0.25, 0.3) is 12.2 Å². The number of halogens is 2. The van der Waals surface area contributed by atoms with Crippen LogP contribution in [0.1, 0.15) is 56.1 Å². The van der Waals surface area contributed by atoms with Crippen molar-refractivity contribution in [2.75, 3.05) is 44.1 Å². The number of hydrogen-bond donors (Lipinski definition) is 0. The van der Waals surface area contributed by atoms with Crippen LogP contribution in [0, 0.1) is 5.21 Å². The number of sulfonamides is 1. The predicted molar refractivity (Wildman–Crippen MR) is 187 cm³/mol. The molecule has 3 heterocycles. The van der Waals surface area contributed by atoms with Gasteiger partial charge in [-0.1, -0.05) is 36.8 Å². The molecule has 2 aliphatic rings. The summed E-state index contributed by atoms with van der Waals surface area (Å²) in [4.78, 5) is 18.9. The number of amides is 1. The third kappa shape index (κ3) is 9.45. The first-order chi connectivity index (χ1) is 21.3. The molecule has 0 saturated carbocycles. The molecular formula is C34H44Cl2N4O5S. The Morgan fingerprint density at radius 2 is 1.59 bits per heavy atom. The molecule has 1 amide bonds. The molecule has 3 aromatic rings. The molecule has 0 bridgehead atoms. The van der Waals surface area contributed by atoms with E-state index in [1.807, 2.05) is 0 Å². The SMILES string of the molecule is COc1ccc(S(=O)(=O)N(C(=O)CCCN2CCC(N3CCCCC3)CC2)c2ccccc2/C=C/c2cc[n+]([O-])cc2)cc1.Cl.Cl. The molecular weight excluding hydrogens is 647 g/mol. The molecule has 0 aliphatic carbocycles. The lowest BCUT2D eigenvalue weighted by Gasteiger charge is -2.40. The van der Waals surface area contributed by atoms with Crippen LogP contribution in [-0.2, 0) is 14.8 Å². The summed E-state index contributed by atoms with van der Waals surface area (Å²) in [5.41, 5.74) is 1.62. The first-order valence-electron chi connectivity index (χ1n) is 15.5. The normalized spacial score (nSPS) is 16.4. The van der Waals surface area contributed by atoms with E-state index in [-0.39, 0.29) is 41.8 Å². The van der Waals surface area contributed by atoms with Crippen LogP contribution in [0.5, 0.6) is 5.75 Å². The number of ether oxygens (including phenoxy) is 1. The number of para-hydroxylation sites is 1. The molecule has 0 unspecified atom stereocenters. The number of anilines is 1. The zero-order valence-electron chi connectivity index (χ0n) is 26.2. The monoisotopic (exact) mass is 690 g/mol. The van der Waals surface area contributed by atoms with E-state index in [0.29, 0.717) is 28.5 Å². The van der Waals surface area contributed by atoms with Crippen LogP contribution < -0.4 is 13.8 Å². The quantitative estimate of drug-likeness (QED) is 0.186. The van der Waals surface area contributed by atoms with Gasteiger partial charge in [-0.2, -0.15) is 4.73 Å². The van der Waals surface area contributed by atoms with Gasteiger partial charge in [-0.3, -0.25) is 4.79 Å². The summed E-state index contributed by atoms with van der Waals surface area (Å²) in [7, 11) is -2.72. The fourth-order valence-electron chi connectivity index (χ4n) is 6.13. The predicted octanol–water partition coefficient (Wildman–Crippen LogP) is 5.80. The van der Waals surface area contributed by atoms with E-state index in [1.165, 1.54) is 64.0 Å². The lowest BCUT2D eigenvalue weighted by atomic mass is 10.00. The Balaban J connectivity index is 0.00000288. The number of methoxy groups -OCH3 is 1. The summed E-state index contributed by atoms with van der Waals surface area (Å²) >= 11 is 0. The minimum absolute atomic E-state index is 0. The maximum Gasteiger partial charge on any atom is 0.270 e. The van der Waals surface area contributed by atoms with E-state index >= 15 is 0 Å². The molecule has 250 valence electrons. The number of carbonyl (C=O) groups is 1. The number of hydrogen-bond acceptors (Lipinski definition) is 7. The Labute approximate surface area is 285 Å². The summed E-state index contributed by atoms with van der Waals surface area (Å²) < 4.78 is 35.0. The molecule has 46 heavy (non-hydrogen) atoms. The fourth-order valence-corrected chi connectivity index (χ4v) is 7.61. The van der Waals surface area contributed by atoms with Gasteiger partial charge in [-0.15, -0.1) is 24.8 Å². The Morgan fingerprint density at radius 1 is 0.935 bits per heavy atom. The van der Waals surface area contributed by atoms with E-state index in [0.717, 1.165) is 42.3 Å². The highest BCUT2D eigenvalue weighted by atomic mass is 35.5. The van der Waals surface area contributed by atoms with Gasteiger partial charge >= 0.3 is 0 Å². The number of piperidine rings is 2. The Hall–Kier alpha value is -3.15. The van der Waals surface area contributed by atoms with Gasteiger partial charge in [-0.25, -0.2) is 12.7 Å². The molecule has 2 saturated heterocycles. The third-order valence-corrected chi connectivity index (χ3v) is 10.3. The van der Waals surface area contributed by atoms with E-state index in [2.05, 4.69) is 9.80 Å². The molecule has 0 N–H and O–H groups in total. The Kier molecular flexibility index (Phi) is 14.3. The number of likely N-dealkylation sites (tertiary alicyclic amines) is 2. The van der Waals surface area contributed by atoms with Crippen LogP contribution in [0.2, 0.25) is 0 Å². The number of benzene rings is 2. The van der Waals surface area contributed by atoms with Crippen LogP contribution in [0.3, 0.4) is 0 Å². The molecule has 0 spiro atoms. The summed E-state index contributed by atoms with van der Waals surface area (Å²) in [6.45, 7) is 5.18. The highest BCUT2D eigenvalue weighted by Gasteiger charge is 2.32.